The molecule has 2 amide bonds. The standard InChI is InChI=1S/C21H22F3N3O3/c1-27(19(14-5-3-2-4-6-14)20(29)26-16-7-8-16)13-18(28)25-15-9-11-17(12-10-15)30-21(22,23)24/h2-6,9-12,16,19H,7-8,13H2,1H3,(H,25,28)(H,26,29)/t19-/m1/s1. The van der Waals surface area contributed by atoms with Gasteiger partial charge in [-0.3, -0.25) is 14.5 Å². The molecule has 30 heavy (non-hydrogen) atoms. The minimum absolute atomic E-state index is 0.0849. The van der Waals surface area contributed by atoms with E-state index in [2.05, 4.69) is 15.4 Å². The van der Waals surface area contributed by atoms with Crippen molar-refractivity contribution in [2.75, 3.05) is 18.9 Å². The van der Waals surface area contributed by atoms with E-state index >= 15 is 0 Å². The zero-order chi connectivity index (χ0) is 21.7. The van der Waals surface area contributed by atoms with Gasteiger partial charge in [0, 0.05) is 11.7 Å². The minimum atomic E-state index is -4.78. The predicted molar refractivity (Wildman–Crippen MR) is 105 cm³/mol. The van der Waals surface area contributed by atoms with E-state index in [4.69, 9.17) is 0 Å². The molecule has 0 aromatic heterocycles. The average molecular weight is 421 g/mol. The van der Waals surface area contributed by atoms with E-state index in [1.807, 2.05) is 30.3 Å². The van der Waals surface area contributed by atoms with Crippen LogP contribution in [0.4, 0.5) is 18.9 Å². The van der Waals surface area contributed by atoms with Crippen molar-refractivity contribution in [3.63, 3.8) is 0 Å². The molecule has 0 unspecified atom stereocenters. The highest BCUT2D eigenvalue weighted by Crippen LogP contribution is 2.25. The van der Waals surface area contributed by atoms with Gasteiger partial charge in [0.15, 0.2) is 0 Å². The first-order valence-electron chi connectivity index (χ1n) is 9.42. The fraction of sp³-hybridized carbons (Fsp3) is 0.333. The Balaban J connectivity index is 1.62. The van der Waals surface area contributed by atoms with E-state index in [1.54, 1.807) is 11.9 Å². The van der Waals surface area contributed by atoms with Crippen LogP contribution in [0.15, 0.2) is 54.6 Å². The van der Waals surface area contributed by atoms with Gasteiger partial charge < -0.3 is 15.4 Å². The van der Waals surface area contributed by atoms with Gasteiger partial charge in [0.1, 0.15) is 11.8 Å². The molecule has 2 aromatic rings. The second kappa shape index (κ2) is 9.17. The van der Waals surface area contributed by atoms with Crippen LogP contribution in [0, 0.1) is 0 Å². The van der Waals surface area contributed by atoms with Gasteiger partial charge in [-0.1, -0.05) is 30.3 Å². The van der Waals surface area contributed by atoms with Gasteiger partial charge in [0.05, 0.1) is 6.54 Å². The summed E-state index contributed by atoms with van der Waals surface area (Å²) in [5.74, 6) is -0.951. The Hall–Kier alpha value is -3.07. The number of nitrogens with one attached hydrogen (secondary N) is 2. The molecule has 1 aliphatic rings. The molecule has 1 saturated carbocycles. The summed E-state index contributed by atoms with van der Waals surface area (Å²) in [6, 6.07) is 13.5. The number of likely N-dealkylation sites (N-methyl/N-ethyl adjacent to an activating group) is 1. The summed E-state index contributed by atoms with van der Waals surface area (Å²) in [5.41, 5.74) is 1.08. The maximum Gasteiger partial charge on any atom is 0.573 e. The quantitative estimate of drug-likeness (QED) is 0.685. The normalized spacial score (nSPS) is 14.8. The fourth-order valence-electron chi connectivity index (χ4n) is 3.01. The van der Waals surface area contributed by atoms with E-state index in [9.17, 15) is 22.8 Å². The summed E-state index contributed by atoms with van der Waals surface area (Å²) in [6.45, 7) is -0.0849. The largest absolute Gasteiger partial charge is 0.573 e. The average Bonchev–Trinajstić information content (AvgIpc) is 3.47. The molecule has 1 aliphatic carbocycles. The molecule has 6 nitrogen and oxygen atoms in total. The Morgan fingerprint density at radius 2 is 1.73 bits per heavy atom. The van der Waals surface area contributed by atoms with Crippen molar-refractivity contribution in [1.29, 1.82) is 0 Å². The van der Waals surface area contributed by atoms with Crippen LogP contribution in [0.1, 0.15) is 24.4 Å². The van der Waals surface area contributed by atoms with Crippen LogP contribution in [0.3, 0.4) is 0 Å². The number of alkyl halides is 3. The maximum absolute atomic E-state index is 12.7. The van der Waals surface area contributed by atoms with Gasteiger partial charge >= 0.3 is 6.36 Å². The van der Waals surface area contributed by atoms with Crippen LogP contribution in [0.5, 0.6) is 5.75 Å². The molecule has 0 bridgehead atoms. The first-order chi connectivity index (χ1) is 14.2. The van der Waals surface area contributed by atoms with Crippen molar-refractivity contribution in [2.24, 2.45) is 0 Å². The van der Waals surface area contributed by atoms with Crippen LogP contribution in [-0.2, 0) is 9.59 Å². The van der Waals surface area contributed by atoms with E-state index in [-0.39, 0.29) is 24.2 Å². The Bertz CT molecular complexity index is 869. The van der Waals surface area contributed by atoms with Gasteiger partial charge in [-0.15, -0.1) is 13.2 Å². The molecule has 0 radical (unpaired) electrons. The molecule has 0 heterocycles. The fourth-order valence-corrected chi connectivity index (χ4v) is 3.01. The molecule has 0 aliphatic heterocycles. The molecule has 9 heteroatoms. The van der Waals surface area contributed by atoms with Gasteiger partial charge in [-0.05, 0) is 49.7 Å². The zero-order valence-electron chi connectivity index (χ0n) is 16.3. The number of amides is 2. The lowest BCUT2D eigenvalue weighted by molar-refractivity contribution is -0.274. The van der Waals surface area contributed by atoms with Crippen LogP contribution in [0.2, 0.25) is 0 Å². The second-order valence-corrected chi connectivity index (χ2v) is 7.13. The lowest BCUT2D eigenvalue weighted by atomic mass is 10.0. The number of rotatable bonds is 8. The van der Waals surface area contributed by atoms with Crippen molar-refractivity contribution in [3.8, 4) is 5.75 Å². The smallest absolute Gasteiger partial charge is 0.406 e. The molecule has 3 rings (SSSR count). The van der Waals surface area contributed by atoms with Gasteiger partial charge in [-0.2, -0.15) is 0 Å². The molecule has 1 fully saturated rings. The molecular formula is C21H22F3N3O3. The Morgan fingerprint density at radius 1 is 1.10 bits per heavy atom. The van der Waals surface area contributed by atoms with E-state index < -0.39 is 18.3 Å². The van der Waals surface area contributed by atoms with Crippen molar-refractivity contribution in [3.05, 3.63) is 60.2 Å². The topological polar surface area (TPSA) is 70.7 Å². The van der Waals surface area contributed by atoms with Gasteiger partial charge in [0.2, 0.25) is 11.8 Å². The number of ether oxygens (including phenoxy) is 1. The van der Waals surface area contributed by atoms with Crippen molar-refractivity contribution < 1.29 is 27.5 Å². The maximum atomic E-state index is 12.7. The molecular weight excluding hydrogens is 399 g/mol. The SMILES string of the molecule is CN(CC(=O)Nc1ccc(OC(F)(F)F)cc1)[C@@H](C(=O)NC1CC1)c1ccccc1. The molecule has 2 aromatic carbocycles. The number of anilines is 1. The molecule has 0 saturated heterocycles. The number of benzene rings is 2. The highest BCUT2D eigenvalue weighted by atomic mass is 19.4. The summed E-state index contributed by atoms with van der Waals surface area (Å²) < 4.78 is 40.5. The Morgan fingerprint density at radius 3 is 2.30 bits per heavy atom. The number of carbonyl (C=O) groups is 2. The monoisotopic (exact) mass is 421 g/mol. The highest BCUT2D eigenvalue weighted by molar-refractivity contribution is 5.93. The Kier molecular flexibility index (Phi) is 6.61. The number of nitrogens with zero attached hydrogens (tertiary/aromatic N) is 1. The van der Waals surface area contributed by atoms with Crippen molar-refractivity contribution in [2.45, 2.75) is 31.3 Å². The van der Waals surface area contributed by atoms with Crippen LogP contribution >= 0.6 is 0 Å². The van der Waals surface area contributed by atoms with Crippen LogP contribution < -0.4 is 15.4 Å². The van der Waals surface area contributed by atoms with Gasteiger partial charge in [0.25, 0.3) is 0 Å². The van der Waals surface area contributed by atoms with E-state index in [0.29, 0.717) is 5.69 Å². The molecule has 0 spiro atoms. The minimum Gasteiger partial charge on any atom is -0.406 e. The van der Waals surface area contributed by atoms with E-state index in [1.165, 1.54) is 12.1 Å². The Labute approximate surface area is 172 Å². The lowest BCUT2D eigenvalue weighted by Crippen LogP contribution is -2.42. The summed E-state index contributed by atoms with van der Waals surface area (Å²) in [4.78, 5) is 26.8. The second-order valence-electron chi connectivity index (χ2n) is 7.13. The third-order valence-corrected chi connectivity index (χ3v) is 4.49. The molecule has 1 atom stereocenters. The van der Waals surface area contributed by atoms with Crippen LogP contribution in [-0.4, -0.2) is 42.7 Å². The number of carbonyl (C=O) groups excluding carboxylic acids is 2. The molecule has 2 N–H and O–H groups in total. The summed E-state index contributed by atoms with van der Waals surface area (Å²) in [7, 11) is 1.67. The summed E-state index contributed by atoms with van der Waals surface area (Å²) >= 11 is 0. The third kappa shape index (κ3) is 6.48. The summed E-state index contributed by atoms with van der Waals surface area (Å²) in [5, 5.41) is 5.58. The number of hydrogen-bond donors (Lipinski definition) is 2. The number of halogens is 3. The zero-order valence-corrected chi connectivity index (χ0v) is 16.3. The first kappa shape index (κ1) is 21.6. The van der Waals surface area contributed by atoms with Crippen molar-refractivity contribution in [1.82, 2.24) is 10.2 Å². The van der Waals surface area contributed by atoms with Crippen molar-refractivity contribution >= 4 is 17.5 Å². The predicted octanol–water partition coefficient (Wildman–Crippen LogP) is 3.48. The van der Waals surface area contributed by atoms with Gasteiger partial charge in [-0.25, -0.2) is 0 Å². The lowest BCUT2D eigenvalue weighted by Gasteiger charge is -2.27. The first-order valence-corrected chi connectivity index (χ1v) is 9.42. The number of hydrogen-bond acceptors (Lipinski definition) is 4. The highest BCUT2D eigenvalue weighted by Gasteiger charge is 2.32. The molecule has 160 valence electrons. The van der Waals surface area contributed by atoms with Crippen LogP contribution in [0.25, 0.3) is 0 Å². The summed E-state index contributed by atoms with van der Waals surface area (Å²) in [6.07, 6.45) is -2.88. The third-order valence-electron chi connectivity index (χ3n) is 4.49. The van der Waals surface area contributed by atoms with E-state index in [0.717, 1.165) is 30.5 Å².